The predicted octanol–water partition coefficient (Wildman–Crippen LogP) is 4.26. The van der Waals surface area contributed by atoms with E-state index in [9.17, 15) is 0 Å². The maximum Gasteiger partial charge on any atom is 0.494 e. The first-order valence-electron chi connectivity index (χ1n) is 10.2. The fraction of sp³-hybridized carbons (Fsp3) is 0.348. The van der Waals surface area contributed by atoms with Crippen LogP contribution >= 0.6 is 0 Å². The van der Waals surface area contributed by atoms with Gasteiger partial charge in [0.1, 0.15) is 11.6 Å². The second kappa shape index (κ2) is 7.49. The molecule has 6 nitrogen and oxygen atoms in total. The van der Waals surface area contributed by atoms with Crippen molar-refractivity contribution < 1.29 is 9.31 Å². The molecule has 4 rings (SSSR count). The zero-order valence-corrected chi connectivity index (χ0v) is 18.4. The van der Waals surface area contributed by atoms with Crippen molar-refractivity contribution in [2.45, 2.75) is 52.7 Å². The second-order valence-electron chi connectivity index (χ2n) is 8.58. The van der Waals surface area contributed by atoms with Gasteiger partial charge in [0.2, 0.25) is 5.95 Å². The van der Waals surface area contributed by atoms with Gasteiger partial charge >= 0.3 is 7.12 Å². The third-order valence-electron chi connectivity index (χ3n) is 5.74. The lowest BCUT2D eigenvalue weighted by Crippen LogP contribution is -2.41. The third-order valence-corrected chi connectivity index (χ3v) is 5.74. The number of nitrogens with zero attached hydrogens (tertiary/aromatic N) is 4. The molecule has 0 saturated carbocycles. The number of rotatable bonds is 4. The monoisotopic (exact) mass is 402 g/mol. The van der Waals surface area contributed by atoms with Crippen molar-refractivity contribution in [3.8, 4) is 0 Å². The van der Waals surface area contributed by atoms with Crippen LogP contribution in [0.2, 0.25) is 0 Å². The molecule has 1 aliphatic rings. The Labute approximate surface area is 178 Å². The molecular weight excluding hydrogens is 375 g/mol. The fourth-order valence-electron chi connectivity index (χ4n) is 3.42. The number of benzene rings is 2. The number of hydrogen-bond acceptors (Lipinski definition) is 6. The van der Waals surface area contributed by atoms with Crippen molar-refractivity contribution >= 4 is 29.9 Å². The van der Waals surface area contributed by atoms with Crippen LogP contribution in [0.25, 0.3) is 0 Å². The van der Waals surface area contributed by atoms with Crippen LogP contribution in [0.4, 0.5) is 17.3 Å². The van der Waals surface area contributed by atoms with Gasteiger partial charge in [-0.25, -0.2) is 4.98 Å². The molecular formula is C23H27BN4O2. The highest BCUT2D eigenvalue weighted by Gasteiger charge is 2.51. The number of anilines is 3. The van der Waals surface area contributed by atoms with Gasteiger partial charge in [0.25, 0.3) is 0 Å². The number of para-hydroxylation sites is 1. The van der Waals surface area contributed by atoms with E-state index >= 15 is 0 Å². The van der Waals surface area contributed by atoms with Crippen LogP contribution in [0.3, 0.4) is 0 Å². The van der Waals surface area contributed by atoms with Crippen LogP contribution in [0.1, 0.15) is 39.3 Å². The minimum absolute atomic E-state index is 0.369. The normalized spacial score (nSPS) is 17.2. The molecule has 30 heavy (non-hydrogen) atoms. The van der Waals surface area contributed by atoms with Gasteiger partial charge in [0.05, 0.1) is 11.2 Å². The van der Waals surface area contributed by atoms with Crippen molar-refractivity contribution in [3.63, 3.8) is 0 Å². The lowest BCUT2D eigenvalue weighted by atomic mass is 9.79. The standard InChI is InChI=1S/C23H27BN4O2/c1-16-25-17(2)27-21(26-16)28(19-10-8-7-9-11-19)20-14-12-18(13-15-20)24-29-22(3,4)23(5,6)30-24/h7-15H,1-6H3. The Kier molecular flexibility index (Phi) is 5.12. The highest BCUT2D eigenvalue weighted by Crippen LogP contribution is 2.37. The molecule has 0 unspecified atom stereocenters. The second-order valence-corrected chi connectivity index (χ2v) is 8.58. The van der Waals surface area contributed by atoms with E-state index in [4.69, 9.17) is 9.31 Å². The molecule has 0 atom stereocenters. The predicted molar refractivity (Wildman–Crippen MR) is 120 cm³/mol. The first-order valence-corrected chi connectivity index (χ1v) is 10.2. The van der Waals surface area contributed by atoms with Gasteiger partial charge in [-0.1, -0.05) is 30.3 Å². The molecule has 1 saturated heterocycles. The molecule has 7 heteroatoms. The average molecular weight is 402 g/mol. The summed E-state index contributed by atoms with van der Waals surface area (Å²) in [5.41, 5.74) is 2.17. The largest absolute Gasteiger partial charge is 0.494 e. The summed E-state index contributed by atoms with van der Waals surface area (Å²) >= 11 is 0. The zero-order valence-electron chi connectivity index (χ0n) is 18.4. The molecule has 0 bridgehead atoms. The SMILES string of the molecule is Cc1nc(C)nc(N(c2ccccc2)c2ccc(B3OC(C)(C)C(C)(C)O3)cc2)n1. The summed E-state index contributed by atoms with van der Waals surface area (Å²) < 4.78 is 12.4. The fourth-order valence-corrected chi connectivity index (χ4v) is 3.42. The molecule has 2 aromatic carbocycles. The number of hydrogen-bond donors (Lipinski definition) is 0. The molecule has 3 aromatic rings. The van der Waals surface area contributed by atoms with E-state index in [1.807, 2.05) is 73.3 Å². The molecule has 154 valence electrons. The Bertz CT molecular complexity index is 1000. The van der Waals surface area contributed by atoms with Gasteiger partial charge in [-0.3, -0.25) is 4.90 Å². The average Bonchev–Trinajstić information content (AvgIpc) is 2.90. The maximum atomic E-state index is 6.18. The molecule has 1 aliphatic heterocycles. The van der Waals surface area contributed by atoms with Gasteiger partial charge in [-0.15, -0.1) is 0 Å². The van der Waals surface area contributed by atoms with E-state index in [0.29, 0.717) is 17.6 Å². The van der Waals surface area contributed by atoms with E-state index in [1.54, 1.807) is 0 Å². The Hall–Kier alpha value is -2.77. The van der Waals surface area contributed by atoms with E-state index in [0.717, 1.165) is 16.8 Å². The molecule has 2 heterocycles. The van der Waals surface area contributed by atoms with Crippen molar-refractivity contribution in [1.82, 2.24) is 15.0 Å². The zero-order chi connectivity index (χ0) is 21.5. The molecule has 0 N–H and O–H groups in total. The summed E-state index contributed by atoms with van der Waals surface area (Å²) in [6.45, 7) is 12.0. The van der Waals surface area contributed by atoms with Crippen molar-refractivity contribution in [2.75, 3.05) is 4.90 Å². The van der Waals surface area contributed by atoms with Crippen LogP contribution < -0.4 is 10.4 Å². The van der Waals surface area contributed by atoms with Gasteiger partial charge in [0, 0.05) is 11.4 Å². The summed E-state index contributed by atoms with van der Waals surface area (Å²) in [7, 11) is -0.393. The summed E-state index contributed by atoms with van der Waals surface area (Å²) in [5, 5.41) is 0. The summed E-state index contributed by atoms with van der Waals surface area (Å²) in [4.78, 5) is 15.5. The van der Waals surface area contributed by atoms with Crippen LogP contribution in [0, 0.1) is 13.8 Å². The quantitative estimate of drug-likeness (QED) is 0.608. The molecule has 0 radical (unpaired) electrons. The lowest BCUT2D eigenvalue weighted by molar-refractivity contribution is 0.00578. The first kappa shape index (κ1) is 20.5. The molecule has 0 aliphatic carbocycles. The Balaban J connectivity index is 1.71. The topological polar surface area (TPSA) is 60.4 Å². The maximum absolute atomic E-state index is 6.18. The van der Waals surface area contributed by atoms with Crippen LogP contribution in [-0.4, -0.2) is 33.3 Å². The van der Waals surface area contributed by atoms with Gasteiger partial charge in [0.15, 0.2) is 0 Å². The van der Waals surface area contributed by atoms with Crippen LogP contribution in [0.5, 0.6) is 0 Å². The summed E-state index contributed by atoms with van der Waals surface area (Å²) in [6, 6.07) is 18.2. The minimum atomic E-state index is -0.393. The van der Waals surface area contributed by atoms with Crippen molar-refractivity contribution in [2.24, 2.45) is 0 Å². The molecule has 1 aromatic heterocycles. The van der Waals surface area contributed by atoms with Gasteiger partial charge < -0.3 is 9.31 Å². The Morgan fingerprint density at radius 2 is 1.20 bits per heavy atom. The number of aromatic nitrogens is 3. The van der Waals surface area contributed by atoms with Crippen molar-refractivity contribution in [1.29, 1.82) is 0 Å². The van der Waals surface area contributed by atoms with E-state index in [1.165, 1.54) is 0 Å². The van der Waals surface area contributed by atoms with Crippen LogP contribution in [0.15, 0.2) is 54.6 Å². The number of aryl methyl sites for hydroxylation is 2. The first-order chi connectivity index (χ1) is 14.2. The highest BCUT2D eigenvalue weighted by molar-refractivity contribution is 6.62. The van der Waals surface area contributed by atoms with E-state index in [-0.39, 0.29) is 11.2 Å². The third kappa shape index (κ3) is 3.83. The van der Waals surface area contributed by atoms with E-state index in [2.05, 4.69) is 42.6 Å². The lowest BCUT2D eigenvalue weighted by Gasteiger charge is -2.32. The summed E-state index contributed by atoms with van der Waals surface area (Å²) in [5.74, 6) is 1.97. The smallest absolute Gasteiger partial charge is 0.399 e. The highest BCUT2D eigenvalue weighted by atomic mass is 16.7. The van der Waals surface area contributed by atoms with Gasteiger partial charge in [-0.2, -0.15) is 9.97 Å². The molecule has 1 fully saturated rings. The van der Waals surface area contributed by atoms with Gasteiger partial charge in [-0.05, 0) is 71.3 Å². The minimum Gasteiger partial charge on any atom is -0.399 e. The summed E-state index contributed by atoms with van der Waals surface area (Å²) in [6.07, 6.45) is 0. The molecule has 0 spiro atoms. The molecule has 0 amide bonds. The van der Waals surface area contributed by atoms with E-state index < -0.39 is 7.12 Å². The Morgan fingerprint density at radius 1 is 0.700 bits per heavy atom. The Morgan fingerprint density at radius 3 is 1.73 bits per heavy atom. The van der Waals surface area contributed by atoms with Crippen LogP contribution in [-0.2, 0) is 9.31 Å². The van der Waals surface area contributed by atoms with Crippen molar-refractivity contribution in [3.05, 3.63) is 66.2 Å².